The molecule has 2 rings (SSSR count). The van der Waals surface area contributed by atoms with E-state index in [-0.39, 0.29) is 26.5 Å². The molecule has 122 valence electrons. The summed E-state index contributed by atoms with van der Waals surface area (Å²) in [6.07, 6.45) is 0. The van der Waals surface area contributed by atoms with Gasteiger partial charge in [-0.15, -0.1) is 5.10 Å². The Morgan fingerprint density at radius 3 is 2.13 bits per heavy atom. The summed E-state index contributed by atoms with van der Waals surface area (Å²) >= 11 is 11.7. The first kappa shape index (κ1) is 17.2. The van der Waals surface area contributed by atoms with Gasteiger partial charge in [-0.05, 0) is 12.1 Å². The summed E-state index contributed by atoms with van der Waals surface area (Å²) in [4.78, 5) is 25.6. The van der Waals surface area contributed by atoms with Gasteiger partial charge in [-0.2, -0.15) is 9.67 Å². The van der Waals surface area contributed by atoms with Crippen LogP contribution in [0.2, 0.25) is 10.0 Å². The van der Waals surface area contributed by atoms with Crippen LogP contribution in [0.15, 0.2) is 22.2 Å². The number of carbonyl (C=O) groups excluding carboxylic acids is 2. The van der Waals surface area contributed by atoms with Gasteiger partial charge in [0, 0.05) is 6.92 Å². The van der Waals surface area contributed by atoms with Gasteiger partial charge in [0.05, 0.1) is 20.5 Å². The topological polar surface area (TPSA) is 151 Å². The van der Waals surface area contributed by atoms with Gasteiger partial charge in [-0.3, -0.25) is 9.59 Å². The van der Waals surface area contributed by atoms with Crippen LogP contribution in [0.1, 0.15) is 22.1 Å². The van der Waals surface area contributed by atoms with E-state index in [1.54, 1.807) is 0 Å². The number of hydrogen-bond acceptors (Lipinski definition) is 7. The van der Waals surface area contributed by atoms with Crippen LogP contribution >= 0.6 is 23.2 Å². The summed E-state index contributed by atoms with van der Waals surface area (Å²) in [6, 6.07) is 1.96. The van der Waals surface area contributed by atoms with Crippen LogP contribution in [0.25, 0.3) is 0 Å². The van der Waals surface area contributed by atoms with Crippen molar-refractivity contribution in [3.05, 3.63) is 27.7 Å². The fourth-order valence-corrected chi connectivity index (χ4v) is 3.66. The number of primary amides is 1. The lowest BCUT2D eigenvalue weighted by Gasteiger charge is -2.06. The van der Waals surface area contributed by atoms with Crippen LogP contribution in [0, 0.1) is 0 Å². The Morgan fingerprint density at radius 2 is 1.74 bits per heavy atom. The van der Waals surface area contributed by atoms with Crippen molar-refractivity contribution >= 4 is 50.8 Å². The molecule has 0 aliphatic heterocycles. The molecule has 0 bridgehead atoms. The standard InChI is InChI=1S/C11H9Cl2N5O4S/c1-4(19)18-10(15)16-11(17-18)23(21,22)5-2-6(12)8(9(14)20)7(13)3-5/h2-3H,1H3,(H2,14,20)(H2,15,16,17). The minimum absolute atomic E-state index is 0.214. The molecule has 0 atom stereocenters. The van der Waals surface area contributed by atoms with E-state index < -0.39 is 26.8 Å². The van der Waals surface area contributed by atoms with Crippen LogP contribution in [0.3, 0.4) is 0 Å². The van der Waals surface area contributed by atoms with Crippen molar-refractivity contribution < 1.29 is 18.0 Å². The second-order valence-electron chi connectivity index (χ2n) is 4.31. The first-order valence-electron chi connectivity index (χ1n) is 5.83. The van der Waals surface area contributed by atoms with E-state index in [0.29, 0.717) is 4.68 Å². The van der Waals surface area contributed by atoms with Crippen LogP contribution in [0.4, 0.5) is 5.95 Å². The van der Waals surface area contributed by atoms with E-state index in [0.717, 1.165) is 19.1 Å². The summed E-state index contributed by atoms with van der Waals surface area (Å²) in [5, 5.41) is 2.34. The molecule has 0 radical (unpaired) electrons. The minimum Gasteiger partial charge on any atom is -0.368 e. The summed E-state index contributed by atoms with van der Waals surface area (Å²) in [6.45, 7) is 1.14. The molecule has 0 aliphatic carbocycles. The molecule has 2 aromatic rings. The number of halogens is 2. The highest BCUT2D eigenvalue weighted by molar-refractivity contribution is 7.91. The second kappa shape index (κ2) is 5.80. The van der Waals surface area contributed by atoms with Gasteiger partial charge < -0.3 is 11.5 Å². The van der Waals surface area contributed by atoms with E-state index in [1.165, 1.54) is 0 Å². The number of nitrogens with two attached hydrogens (primary N) is 2. The van der Waals surface area contributed by atoms with Gasteiger partial charge >= 0.3 is 0 Å². The van der Waals surface area contributed by atoms with Gasteiger partial charge in [-0.1, -0.05) is 23.2 Å². The Balaban J connectivity index is 2.63. The molecule has 1 aromatic heterocycles. The van der Waals surface area contributed by atoms with Crippen LogP contribution in [-0.2, 0) is 9.84 Å². The number of anilines is 1. The molecule has 0 spiro atoms. The monoisotopic (exact) mass is 377 g/mol. The molecule has 0 fully saturated rings. The third-order valence-electron chi connectivity index (χ3n) is 2.72. The molecule has 0 saturated carbocycles. The minimum atomic E-state index is -4.26. The first-order chi connectivity index (χ1) is 10.6. The Hall–Kier alpha value is -2.17. The Kier molecular flexibility index (Phi) is 4.33. The molecule has 1 amide bonds. The summed E-state index contributed by atoms with van der Waals surface area (Å²) in [7, 11) is -4.26. The molecular formula is C11H9Cl2N5O4S. The number of nitrogen functional groups attached to an aromatic ring is 1. The van der Waals surface area contributed by atoms with Crippen molar-refractivity contribution in [2.24, 2.45) is 5.73 Å². The smallest absolute Gasteiger partial charge is 0.274 e. The first-order valence-corrected chi connectivity index (χ1v) is 8.07. The predicted octanol–water partition coefficient (Wildman–Crippen LogP) is 0.759. The molecule has 23 heavy (non-hydrogen) atoms. The highest BCUT2D eigenvalue weighted by atomic mass is 35.5. The SMILES string of the molecule is CC(=O)n1nc(S(=O)(=O)c2cc(Cl)c(C(N)=O)c(Cl)c2)nc1N. The average molecular weight is 378 g/mol. The molecule has 1 aromatic carbocycles. The Morgan fingerprint density at radius 1 is 1.22 bits per heavy atom. The highest BCUT2D eigenvalue weighted by Crippen LogP contribution is 2.30. The maximum atomic E-state index is 12.5. The van der Waals surface area contributed by atoms with Crippen molar-refractivity contribution in [1.82, 2.24) is 14.8 Å². The third kappa shape index (κ3) is 3.00. The molecule has 1 heterocycles. The number of benzene rings is 1. The number of aromatic nitrogens is 3. The quantitative estimate of drug-likeness (QED) is 0.800. The third-order valence-corrected chi connectivity index (χ3v) is 4.83. The van der Waals surface area contributed by atoms with E-state index in [2.05, 4.69) is 10.1 Å². The van der Waals surface area contributed by atoms with Crippen LogP contribution < -0.4 is 11.5 Å². The number of hydrogen-bond donors (Lipinski definition) is 2. The molecule has 0 unspecified atom stereocenters. The van der Waals surface area contributed by atoms with E-state index in [1.807, 2.05) is 0 Å². The van der Waals surface area contributed by atoms with Crippen LogP contribution in [-0.4, -0.2) is 35.0 Å². The fraction of sp³-hybridized carbons (Fsp3) is 0.0909. The highest BCUT2D eigenvalue weighted by Gasteiger charge is 2.27. The van der Waals surface area contributed by atoms with Gasteiger partial charge in [0.2, 0.25) is 21.7 Å². The largest absolute Gasteiger partial charge is 0.368 e. The normalized spacial score (nSPS) is 11.4. The van der Waals surface area contributed by atoms with Crippen molar-refractivity contribution in [2.45, 2.75) is 17.0 Å². The van der Waals surface area contributed by atoms with Gasteiger partial charge in [0.25, 0.3) is 11.1 Å². The lowest BCUT2D eigenvalue weighted by Crippen LogP contribution is -2.14. The molecular weight excluding hydrogens is 369 g/mol. The van der Waals surface area contributed by atoms with Gasteiger partial charge in [0.15, 0.2) is 0 Å². The second-order valence-corrected chi connectivity index (χ2v) is 6.97. The molecule has 0 saturated heterocycles. The number of sulfone groups is 1. The Bertz CT molecular complexity index is 915. The molecule has 12 heteroatoms. The zero-order chi connectivity index (χ0) is 17.5. The Labute approximate surface area is 140 Å². The van der Waals surface area contributed by atoms with Gasteiger partial charge in [-0.25, -0.2) is 8.42 Å². The number of rotatable bonds is 3. The number of carbonyl (C=O) groups is 2. The fourth-order valence-electron chi connectivity index (χ4n) is 1.70. The molecule has 9 nitrogen and oxygen atoms in total. The summed E-state index contributed by atoms with van der Waals surface area (Å²) in [5.74, 6) is -1.91. The number of nitrogens with zero attached hydrogens (tertiary/aromatic N) is 3. The van der Waals surface area contributed by atoms with Gasteiger partial charge in [0.1, 0.15) is 0 Å². The van der Waals surface area contributed by atoms with Crippen molar-refractivity contribution in [1.29, 1.82) is 0 Å². The lowest BCUT2D eigenvalue weighted by molar-refractivity contribution is 0.0921. The maximum absolute atomic E-state index is 12.5. The van der Waals surface area contributed by atoms with E-state index >= 15 is 0 Å². The predicted molar refractivity (Wildman–Crippen MR) is 81.2 cm³/mol. The number of amides is 1. The zero-order valence-electron chi connectivity index (χ0n) is 11.4. The van der Waals surface area contributed by atoms with Crippen LogP contribution in [0.5, 0.6) is 0 Å². The molecule has 0 aliphatic rings. The zero-order valence-corrected chi connectivity index (χ0v) is 13.8. The summed E-state index contributed by atoms with van der Waals surface area (Å²) in [5.41, 5.74) is 10.3. The van der Waals surface area contributed by atoms with E-state index in [9.17, 15) is 18.0 Å². The maximum Gasteiger partial charge on any atom is 0.274 e. The summed E-state index contributed by atoms with van der Waals surface area (Å²) < 4.78 is 25.6. The molecule has 4 N–H and O–H groups in total. The van der Waals surface area contributed by atoms with Crippen molar-refractivity contribution in [2.75, 3.05) is 5.73 Å². The van der Waals surface area contributed by atoms with Crippen molar-refractivity contribution in [3.63, 3.8) is 0 Å². The van der Waals surface area contributed by atoms with E-state index in [4.69, 9.17) is 34.7 Å². The van der Waals surface area contributed by atoms with Crippen molar-refractivity contribution in [3.8, 4) is 0 Å². The average Bonchev–Trinajstić information content (AvgIpc) is 2.80. The lowest BCUT2D eigenvalue weighted by atomic mass is 10.2.